The number of hydrogen-bond acceptors (Lipinski definition) is 3. The summed E-state index contributed by atoms with van der Waals surface area (Å²) in [6, 6.07) is 5.31. The minimum atomic E-state index is -0.352. The average Bonchev–Trinajstić information content (AvgIpc) is 2.76. The first-order valence-corrected chi connectivity index (χ1v) is 6.42. The molecule has 0 aliphatic carbocycles. The van der Waals surface area contributed by atoms with Gasteiger partial charge in [-0.15, -0.1) is 11.3 Å². The number of carbonyl (C=O) groups excluding carboxylic acids is 1. The van der Waals surface area contributed by atoms with Gasteiger partial charge in [0, 0.05) is 10.9 Å². The van der Waals surface area contributed by atoms with Crippen LogP contribution in [0.5, 0.6) is 0 Å². The monoisotopic (exact) mass is 264 g/mol. The molecular formula is C13H13FN2OS. The number of thiazole rings is 1. The minimum Gasteiger partial charge on any atom is -0.344 e. The van der Waals surface area contributed by atoms with Gasteiger partial charge >= 0.3 is 0 Å². The highest BCUT2D eigenvalue weighted by Gasteiger charge is 2.13. The second-order valence-corrected chi connectivity index (χ2v) is 5.06. The van der Waals surface area contributed by atoms with Crippen LogP contribution < -0.4 is 5.32 Å². The van der Waals surface area contributed by atoms with Crippen LogP contribution in [0.3, 0.4) is 0 Å². The molecule has 0 aliphatic heterocycles. The normalized spacial score (nSPS) is 12.2. The van der Waals surface area contributed by atoms with E-state index in [0.29, 0.717) is 5.56 Å². The maximum absolute atomic E-state index is 12.7. The number of rotatable bonds is 3. The van der Waals surface area contributed by atoms with E-state index in [1.165, 1.54) is 24.3 Å². The van der Waals surface area contributed by atoms with E-state index in [-0.39, 0.29) is 17.8 Å². The van der Waals surface area contributed by atoms with Crippen molar-refractivity contribution in [3.63, 3.8) is 0 Å². The van der Waals surface area contributed by atoms with Gasteiger partial charge in [-0.2, -0.15) is 0 Å². The van der Waals surface area contributed by atoms with Crippen LogP contribution in [0.1, 0.15) is 34.0 Å². The Morgan fingerprint density at radius 2 is 2.06 bits per heavy atom. The maximum Gasteiger partial charge on any atom is 0.251 e. The second kappa shape index (κ2) is 5.27. The third-order valence-corrected chi connectivity index (χ3v) is 3.33. The molecule has 0 spiro atoms. The summed E-state index contributed by atoms with van der Waals surface area (Å²) >= 11 is 1.55. The molecule has 3 nitrogen and oxygen atoms in total. The molecule has 1 unspecified atom stereocenters. The Labute approximate surface area is 109 Å². The molecule has 0 saturated carbocycles. The fraction of sp³-hybridized carbons (Fsp3) is 0.231. The van der Waals surface area contributed by atoms with Gasteiger partial charge in [-0.25, -0.2) is 9.37 Å². The zero-order valence-electron chi connectivity index (χ0n) is 10.1. The number of nitrogens with one attached hydrogen (secondary N) is 1. The summed E-state index contributed by atoms with van der Waals surface area (Å²) < 4.78 is 12.7. The third-order valence-electron chi connectivity index (χ3n) is 2.53. The lowest BCUT2D eigenvalue weighted by atomic mass is 10.2. The van der Waals surface area contributed by atoms with Gasteiger partial charge in [0.2, 0.25) is 0 Å². The van der Waals surface area contributed by atoms with E-state index in [1.807, 2.05) is 19.2 Å². The molecule has 0 saturated heterocycles. The lowest BCUT2D eigenvalue weighted by Gasteiger charge is -2.11. The van der Waals surface area contributed by atoms with Crippen LogP contribution in [-0.2, 0) is 0 Å². The maximum atomic E-state index is 12.7. The van der Waals surface area contributed by atoms with Crippen LogP contribution in [-0.4, -0.2) is 10.9 Å². The lowest BCUT2D eigenvalue weighted by Crippen LogP contribution is -2.26. The summed E-state index contributed by atoms with van der Waals surface area (Å²) in [4.78, 5) is 16.2. The molecule has 0 bridgehead atoms. The molecule has 1 atom stereocenters. The molecule has 1 amide bonds. The predicted octanol–water partition coefficient (Wildman–Crippen LogP) is 3.08. The molecule has 0 aliphatic rings. The summed E-state index contributed by atoms with van der Waals surface area (Å²) in [5, 5.41) is 5.72. The van der Waals surface area contributed by atoms with E-state index in [1.54, 1.807) is 11.3 Å². The van der Waals surface area contributed by atoms with E-state index >= 15 is 0 Å². The zero-order valence-corrected chi connectivity index (χ0v) is 10.9. The number of hydrogen-bond donors (Lipinski definition) is 1. The highest BCUT2D eigenvalue weighted by molar-refractivity contribution is 7.09. The van der Waals surface area contributed by atoms with E-state index in [4.69, 9.17) is 0 Å². The molecule has 0 fully saturated rings. The summed E-state index contributed by atoms with van der Waals surface area (Å²) in [5.41, 5.74) is 1.28. The van der Waals surface area contributed by atoms with E-state index in [9.17, 15) is 9.18 Å². The smallest absolute Gasteiger partial charge is 0.251 e. The van der Waals surface area contributed by atoms with Crippen molar-refractivity contribution in [2.45, 2.75) is 19.9 Å². The summed E-state index contributed by atoms with van der Waals surface area (Å²) in [5.74, 6) is -0.581. The summed E-state index contributed by atoms with van der Waals surface area (Å²) in [6.45, 7) is 3.79. The molecular weight excluding hydrogens is 251 g/mol. The van der Waals surface area contributed by atoms with Crippen molar-refractivity contribution in [2.75, 3.05) is 0 Å². The minimum absolute atomic E-state index is 0.160. The van der Waals surface area contributed by atoms with Gasteiger partial charge in [0.15, 0.2) is 0 Å². The lowest BCUT2D eigenvalue weighted by molar-refractivity contribution is 0.0939. The quantitative estimate of drug-likeness (QED) is 0.925. The first-order chi connectivity index (χ1) is 8.56. The van der Waals surface area contributed by atoms with Crippen LogP contribution in [0, 0.1) is 12.7 Å². The van der Waals surface area contributed by atoms with Gasteiger partial charge in [-0.05, 0) is 38.1 Å². The molecule has 18 heavy (non-hydrogen) atoms. The van der Waals surface area contributed by atoms with Gasteiger partial charge in [0.1, 0.15) is 5.82 Å². The zero-order chi connectivity index (χ0) is 13.1. The molecule has 1 N–H and O–H groups in total. The van der Waals surface area contributed by atoms with Crippen molar-refractivity contribution in [2.24, 2.45) is 0 Å². The molecule has 1 aromatic heterocycles. The fourth-order valence-electron chi connectivity index (χ4n) is 1.53. The van der Waals surface area contributed by atoms with Crippen LogP contribution in [0.15, 0.2) is 29.6 Å². The topological polar surface area (TPSA) is 42.0 Å². The molecule has 2 aromatic rings. The van der Waals surface area contributed by atoms with E-state index in [2.05, 4.69) is 10.3 Å². The Bertz CT molecular complexity index is 550. The first-order valence-electron chi connectivity index (χ1n) is 5.54. The summed E-state index contributed by atoms with van der Waals surface area (Å²) in [6.07, 6.45) is 0. The number of amides is 1. The van der Waals surface area contributed by atoms with E-state index < -0.39 is 0 Å². The molecule has 1 heterocycles. The van der Waals surface area contributed by atoms with Crippen molar-refractivity contribution >= 4 is 17.2 Å². The fourth-order valence-corrected chi connectivity index (χ4v) is 2.24. The third kappa shape index (κ3) is 2.92. The molecule has 1 aromatic carbocycles. The SMILES string of the molecule is Cc1nc(C(C)NC(=O)c2ccc(F)cc2)cs1. The molecule has 2 rings (SSSR count). The number of carbonyl (C=O) groups is 1. The van der Waals surface area contributed by atoms with Crippen LogP contribution >= 0.6 is 11.3 Å². The van der Waals surface area contributed by atoms with Gasteiger partial charge in [-0.3, -0.25) is 4.79 Å². The van der Waals surface area contributed by atoms with Gasteiger partial charge in [0.05, 0.1) is 16.7 Å². The number of halogens is 1. The number of aromatic nitrogens is 1. The van der Waals surface area contributed by atoms with Crippen LogP contribution in [0.25, 0.3) is 0 Å². The predicted molar refractivity (Wildman–Crippen MR) is 69.1 cm³/mol. The Morgan fingerprint density at radius 3 is 2.61 bits per heavy atom. The Hall–Kier alpha value is -1.75. The van der Waals surface area contributed by atoms with Gasteiger partial charge in [-0.1, -0.05) is 0 Å². The van der Waals surface area contributed by atoms with Crippen LogP contribution in [0.2, 0.25) is 0 Å². The van der Waals surface area contributed by atoms with Crippen molar-refractivity contribution in [1.82, 2.24) is 10.3 Å². The summed E-state index contributed by atoms with van der Waals surface area (Å²) in [7, 11) is 0. The van der Waals surface area contributed by atoms with Crippen molar-refractivity contribution < 1.29 is 9.18 Å². The molecule has 94 valence electrons. The van der Waals surface area contributed by atoms with Crippen LogP contribution in [0.4, 0.5) is 4.39 Å². The highest BCUT2D eigenvalue weighted by Crippen LogP contribution is 2.16. The Morgan fingerprint density at radius 1 is 1.39 bits per heavy atom. The number of nitrogens with zero attached hydrogens (tertiary/aromatic N) is 1. The molecule has 5 heteroatoms. The second-order valence-electron chi connectivity index (χ2n) is 3.99. The van der Waals surface area contributed by atoms with Crippen molar-refractivity contribution in [1.29, 1.82) is 0 Å². The average molecular weight is 264 g/mol. The van der Waals surface area contributed by atoms with Crippen molar-refractivity contribution in [3.05, 3.63) is 51.7 Å². The van der Waals surface area contributed by atoms with Gasteiger partial charge < -0.3 is 5.32 Å². The highest BCUT2D eigenvalue weighted by atomic mass is 32.1. The first kappa shape index (κ1) is 12.7. The number of benzene rings is 1. The Kier molecular flexibility index (Phi) is 3.72. The molecule has 0 radical (unpaired) electrons. The largest absolute Gasteiger partial charge is 0.344 e. The van der Waals surface area contributed by atoms with Crippen molar-refractivity contribution in [3.8, 4) is 0 Å². The Balaban J connectivity index is 2.05. The number of aryl methyl sites for hydroxylation is 1. The standard InChI is InChI=1S/C13H13FN2OS/c1-8(12-7-18-9(2)16-12)15-13(17)10-3-5-11(14)6-4-10/h3-8H,1-2H3,(H,15,17). The van der Waals surface area contributed by atoms with Gasteiger partial charge in [0.25, 0.3) is 5.91 Å². The van der Waals surface area contributed by atoms with E-state index in [0.717, 1.165) is 10.7 Å².